The first-order chi connectivity index (χ1) is 9.79. The van der Waals surface area contributed by atoms with Gasteiger partial charge < -0.3 is 18.5 Å². The van der Waals surface area contributed by atoms with Gasteiger partial charge in [-0.2, -0.15) is 0 Å². The Morgan fingerprint density at radius 1 is 1.40 bits per heavy atom. The van der Waals surface area contributed by atoms with Crippen LogP contribution >= 0.6 is 0 Å². The first-order valence-electron chi connectivity index (χ1n) is 6.30. The van der Waals surface area contributed by atoms with Crippen molar-refractivity contribution >= 4 is 12.0 Å². The van der Waals surface area contributed by atoms with Crippen LogP contribution in [0.3, 0.4) is 0 Å². The fourth-order valence-electron chi connectivity index (χ4n) is 1.72. The number of rotatable bonds is 7. The van der Waals surface area contributed by atoms with E-state index in [2.05, 4.69) is 0 Å². The number of ether oxygens (including phenoxy) is 1. The normalized spacial score (nSPS) is 11.1. The first kappa shape index (κ1) is 14.1. The Morgan fingerprint density at radius 3 is 2.95 bits per heavy atom. The third kappa shape index (κ3) is 4.13. The number of amides is 1. The van der Waals surface area contributed by atoms with Crippen LogP contribution in [0.1, 0.15) is 11.3 Å². The SMILES string of the molecule is COCCN(Cc1ccoc1)C(=O)/C=C/c1ccco1. The maximum atomic E-state index is 12.2. The summed E-state index contributed by atoms with van der Waals surface area (Å²) >= 11 is 0. The van der Waals surface area contributed by atoms with Crippen LogP contribution in [0.25, 0.3) is 6.08 Å². The predicted octanol–water partition coefficient (Wildman–Crippen LogP) is 2.56. The van der Waals surface area contributed by atoms with Gasteiger partial charge in [-0.1, -0.05) is 0 Å². The Kier molecular flexibility index (Phi) is 5.20. The molecule has 2 rings (SSSR count). The molecule has 5 nitrogen and oxygen atoms in total. The van der Waals surface area contributed by atoms with Gasteiger partial charge in [0, 0.05) is 31.8 Å². The van der Waals surface area contributed by atoms with Crippen molar-refractivity contribution in [1.82, 2.24) is 4.90 Å². The molecule has 0 radical (unpaired) electrons. The van der Waals surface area contributed by atoms with E-state index in [1.54, 1.807) is 49.0 Å². The van der Waals surface area contributed by atoms with Gasteiger partial charge in [-0.25, -0.2) is 0 Å². The Hall–Kier alpha value is -2.27. The molecule has 0 unspecified atom stereocenters. The summed E-state index contributed by atoms with van der Waals surface area (Å²) in [5, 5.41) is 0. The predicted molar refractivity (Wildman–Crippen MR) is 73.7 cm³/mol. The van der Waals surface area contributed by atoms with Gasteiger partial charge in [-0.15, -0.1) is 0 Å². The van der Waals surface area contributed by atoms with Gasteiger partial charge >= 0.3 is 0 Å². The van der Waals surface area contributed by atoms with Gasteiger partial charge in [0.25, 0.3) is 0 Å². The van der Waals surface area contributed by atoms with Gasteiger partial charge in [0.2, 0.25) is 5.91 Å². The van der Waals surface area contributed by atoms with Crippen LogP contribution in [0.15, 0.2) is 51.9 Å². The summed E-state index contributed by atoms with van der Waals surface area (Å²) in [6, 6.07) is 5.40. The van der Waals surface area contributed by atoms with Crippen molar-refractivity contribution in [2.24, 2.45) is 0 Å². The standard InChI is InChI=1S/C15H17NO4/c1-18-10-7-16(11-13-6-9-19-12-13)15(17)5-4-14-3-2-8-20-14/h2-6,8-9,12H,7,10-11H2,1H3/b5-4+. The smallest absolute Gasteiger partial charge is 0.247 e. The van der Waals surface area contributed by atoms with Crippen LogP contribution < -0.4 is 0 Å². The quantitative estimate of drug-likeness (QED) is 0.729. The third-order valence-electron chi connectivity index (χ3n) is 2.76. The molecule has 0 fully saturated rings. The summed E-state index contributed by atoms with van der Waals surface area (Å²) in [6.45, 7) is 1.49. The number of hydrogen-bond acceptors (Lipinski definition) is 4. The number of furan rings is 2. The molecule has 0 aromatic carbocycles. The molecule has 20 heavy (non-hydrogen) atoms. The lowest BCUT2D eigenvalue weighted by Gasteiger charge is -2.19. The number of carbonyl (C=O) groups is 1. The van der Waals surface area contributed by atoms with E-state index in [0.29, 0.717) is 25.5 Å². The van der Waals surface area contributed by atoms with Crippen LogP contribution in [0.2, 0.25) is 0 Å². The zero-order valence-electron chi connectivity index (χ0n) is 11.3. The van der Waals surface area contributed by atoms with Crippen LogP contribution in [0.5, 0.6) is 0 Å². The zero-order chi connectivity index (χ0) is 14.2. The summed E-state index contributed by atoms with van der Waals surface area (Å²) in [6.07, 6.45) is 7.93. The van der Waals surface area contributed by atoms with E-state index in [1.165, 1.54) is 6.08 Å². The second-order valence-electron chi connectivity index (χ2n) is 4.23. The lowest BCUT2D eigenvalue weighted by molar-refractivity contribution is -0.127. The zero-order valence-corrected chi connectivity index (χ0v) is 11.3. The molecular formula is C15H17NO4. The number of methoxy groups -OCH3 is 1. The highest BCUT2D eigenvalue weighted by molar-refractivity contribution is 5.91. The fraction of sp³-hybridized carbons (Fsp3) is 0.267. The molecule has 0 aliphatic rings. The second kappa shape index (κ2) is 7.35. The van der Waals surface area contributed by atoms with Crippen molar-refractivity contribution in [2.45, 2.75) is 6.54 Å². The molecule has 5 heteroatoms. The Labute approximate surface area is 117 Å². The van der Waals surface area contributed by atoms with Crippen molar-refractivity contribution in [3.8, 4) is 0 Å². The van der Waals surface area contributed by atoms with E-state index in [0.717, 1.165) is 5.56 Å². The molecule has 2 aromatic rings. The largest absolute Gasteiger partial charge is 0.472 e. The third-order valence-corrected chi connectivity index (χ3v) is 2.76. The number of nitrogens with zero attached hydrogens (tertiary/aromatic N) is 1. The van der Waals surface area contributed by atoms with Gasteiger partial charge in [-0.05, 0) is 24.3 Å². The molecule has 0 aliphatic heterocycles. The highest BCUT2D eigenvalue weighted by Crippen LogP contribution is 2.08. The molecular weight excluding hydrogens is 258 g/mol. The Morgan fingerprint density at radius 2 is 2.30 bits per heavy atom. The van der Waals surface area contributed by atoms with Gasteiger partial charge in [0.1, 0.15) is 5.76 Å². The van der Waals surface area contributed by atoms with Crippen LogP contribution in [-0.2, 0) is 16.1 Å². The van der Waals surface area contributed by atoms with E-state index in [1.807, 2.05) is 6.07 Å². The average Bonchev–Trinajstić information content (AvgIpc) is 3.13. The summed E-state index contributed by atoms with van der Waals surface area (Å²) < 4.78 is 15.2. The van der Waals surface area contributed by atoms with Crippen molar-refractivity contribution in [2.75, 3.05) is 20.3 Å². The molecule has 0 bridgehead atoms. The molecule has 2 heterocycles. The minimum atomic E-state index is -0.0975. The molecule has 0 saturated carbocycles. The van der Waals surface area contributed by atoms with E-state index in [-0.39, 0.29) is 5.91 Å². The lowest BCUT2D eigenvalue weighted by Crippen LogP contribution is -2.31. The van der Waals surface area contributed by atoms with Crippen molar-refractivity contribution in [1.29, 1.82) is 0 Å². The molecule has 106 valence electrons. The minimum Gasteiger partial charge on any atom is -0.472 e. The average molecular weight is 275 g/mol. The van der Waals surface area contributed by atoms with E-state index in [9.17, 15) is 4.79 Å². The van der Waals surface area contributed by atoms with Crippen LogP contribution in [-0.4, -0.2) is 31.1 Å². The van der Waals surface area contributed by atoms with Gasteiger partial charge in [0.15, 0.2) is 0 Å². The molecule has 1 amide bonds. The molecule has 0 N–H and O–H groups in total. The van der Waals surface area contributed by atoms with E-state index in [4.69, 9.17) is 13.6 Å². The molecule has 0 saturated heterocycles. The first-order valence-corrected chi connectivity index (χ1v) is 6.30. The van der Waals surface area contributed by atoms with Crippen LogP contribution in [0.4, 0.5) is 0 Å². The fourth-order valence-corrected chi connectivity index (χ4v) is 1.72. The molecule has 0 atom stereocenters. The molecule has 0 aliphatic carbocycles. The van der Waals surface area contributed by atoms with E-state index >= 15 is 0 Å². The van der Waals surface area contributed by atoms with Crippen molar-refractivity contribution in [3.05, 3.63) is 54.4 Å². The number of hydrogen-bond donors (Lipinski definition) is 0. The minimum absolute atomic E-state index is 0.0975. The number of carbonyl (C=O) groups excluding carboxylic acids is 1. The van der Waals surface area contributed by atoms with Gasteiger partial charge in [0.05, 0.1) is 25.4 Å². The Bertz CT molecular complexity index is 528. The molecule has 2 aromatic heterocycles. The Balaban J connectivity index is 1.99. The summed E-state index contributed by atoms with van der Waals surface area (Å²) in [5.41, 5.74) is 0.945. The van der Waals surface area contributed by atoms with E-state index < -0.39 is 0 Å². The summed E-state index contributed by atoms with van der Waals surface area (Å²) in [4.78, 5) is 13.9. The van der Waals surface area contributed by atoms with Crippen molar-refractivity contribution in [3.63, 3.8) is 0 Å². The summed E-state index contributed by atoms with van der Waals surface area (Å²) in [7, 11) is 1.61. The highest BCUT2D eigenvalue weighted by Gasteiger charge is 2.11. The topological polar surface area (TPSA) is 55.8 Å². The summed E-state index contributed by atoms with van der Waals surface area (Å²) in [5.74, 6) is 0.549. The second-order valence-corrected chi connectivity index (χ2v) is 4.23. The van der Waals surface area contributed by atoms with Crippen molar-refractivity contribution < 1.29 is 18.4 Å². The lowest BCUT2D eigenvalue weighted by atomic mass is 10.3. The van der Waals surface area contributed by atoms with Gasteiger partial charge in [-0.3, -0.25) is 4.79 Å². The maximum Gasteiger partial charge on any atom is 0.247 e. The molecule has 0 spiro atoms. The monoisotopic (exact) mass is 275 g/mol. The maximum absolute atomic E-state index is 12.2. The highest BCUT2D eigenvalue weighted by atomic mass is 16.5. The van der Waals surface area contributed by atoms with Crippen LogP contribution in [0, 0.1) is 0 Å².